The van der Waals surface area contributed by atoms with Crippen LogP contribution in [0.3, 0.4) is 0 Å². The molecule has 1 aliphatic heterocycles. The maximum atomic E-state index is 13.0. The van der Waals surface area contributed by atoms with E-state index in [0.29, 0.717) is 12.2 Å². The van der Waals surface area contributed by atoms with Gasteiger partial charge in [-0.05, 0) is 30.0 Å². The summed E-state index contributed by atoms with van der Waals surface area (Å²) in [5, 5.41) is 17.2. The van der Waals surface area contributed by atoms with Gasteiger partial charge in [0, 0.05) is 0 Å². The van der Waals surface area contributed by atoms with E-state index < -0.39 is 0 Å². The molecule has 0 bridgehead atoms. The Kier molecular flexibility index (Phi) is 3.86. The Balaban J connectivity index is 1.86. The van der Waals surface area contributed by atoms with Crippen molar-refractivity contribution in [1.82, 2.24) is 9.58 Å². The molecule has 1 unspecified atom stereocenters. The van der Waals surface area contributed by atoms with Crippen LogP contribution in [0.2, 0.25) is 0 Å². The Morgan fingerprint density at radius 2 is 2.12 bits per heavy atom. The van der Waals surface area contributed by atoms with Crippen molar-refractivity contribution in [2.45, 2.75) is 13.5 Å². The van der Waals surface area contributed by atoms with Gasteiger partial charge in [-0.3, -0.25) is 4.79 Å². The van der Waals surface area contributed by atoms with Gasteiger partial charge in [0.25, 0.3) is 5.91 Å². The van der Waals surface area contributed by atoms with Crippen LogP contribution in [0, 0.1) is 17.2 Å². The smallest absolute Gasteiger partial charge is 0.290 e. The van der Waals surface area contributed by atoms with Crippen LogP contribution in [0.5, 0.6) is 0 Å². The molecular weight excluding hydrogens is 332 g/mol. The number of hydrogen-bond donors (Lipinski definition) is 0. The number of nitrogens with zero attached hydrogens (tertiary/aromatic N) is 4. The summed E-state index contributed by atoms with van der Waals surface area (Å²) in [6.07, 6.45) is 0. The molecule has 0 N–H and O–H groups in total. The molecule has 1 atom stereocenters. The Hall–Kier alpha value is -2.91. The van der Waals surface area contributed by atoms with Crippen LogP contribution in [-0.2, 0) is 6.54 Å². The summed E-state index contributed by atoms with van der Waals surface area (Å²) in [7, 11) is 0. The third-order valence-electron chi connectivity index (χ3n) is 4.30. The normalized spacial score (nSPS) is 15.4. The first-order valence-electron chi connectivity index (χ1n) is 8.08. The molecule has 1 aliphatic rings. The zero-order valence-electron chi connectivity index (χ0n) is 13.7. The second-order valence-electron chi connectivity index (χ2n) is 6.12. The molecule has 0 aliphatic carbocycles. The number of rotatable bonds is 3. The van der Waals surface area contributed by atoms with Gasteiger partial charge in [0.2, 0.25) is 0 Å². The van der Waals surface area contributed by atoms with Crippen LogP contribution >= 0.6 is 11.3 Å². The van der Waals surface area contributed by atoms with Crippen molar-refractivity contribution < 1.29 is 4.79 Å². The van der Waals surface area contributed by atoms with E-state index in [1.54, 1.807) is 18.3 Å². The number of hydrazone groups is 1. The number of fused-ring (bicyclic) bond motifs is 3. The van der Waals surface area contributed by atoms with Crippen LogP contribution in [0.15, 0.2) is 52.9 Å². The predicted molar refractivity (Wildman–Crippen MR) is 98.6 cm³/mol. The van der Waals surface area contributed by atoms with Crippen molar-refractivity contribution in [2.75, 3.05) is 6.54 Å². The highest BCUT2D eigenvalue weighted by Crippen LogP contribution is 2.28. The SMILES string of the molecule is CC(C#N)CN1N=C(c2ccccc2)Cn2c(cc3sccc32)C1=O. The lowest BCUT2D eigenvalue weighted by Crippen LogP contribution is -2.30. The Morgan fingerprint density at radius 3 is 2.88 bits per heavy atom. The predicted octanol–water partition coefficient (Wildman–Crippen LogP) is 3.72. The van der Waals surface area contributed by atoms with Crippen LogP contribution in [-0.4, -0.2) is 27.7 Å². The zero-order valence-corrected chi connectivity index (χ0v) is 14.5. The summed E-state index contributed by atoms with van der Waals surface area (Å²) >= 11 is 1.62. The molecule has 0 spiro atoms. The fourth-order valence-corrected chi connectivity index (χ4v) is 3.86. The molecule has 0 fully saturated rings. The quantitative estimate of drug-likeness (QED) is 0.724. The van der Waals surface area contributed by atoms with Crippen molar-refractivity contribution in [2.24, 2.45) is 11.0 Å². The average Bonchev–Trinajstić information content (AvgIpc) is 3.19. The molecule has 124 valence electrons. The lowest BCUT2D eigenvalue weighted by Gasteiger charge is -2.17. The van der Waals surface area contributed by atoms with Gasteiger partial charge in [0.05, 0.1) is 41.0 Å². The molecular formula is C19H16N4OS. The van der Waals surface area contributed by atoms with E-state index in [1.807, 2.05) is 52.4 Å². The highest BCUT2D eigenvalue weighted by atomic mass is 32.1. The molecule has 3 heterocycles. The summed E-state index contributed by atoms with van der Waals surface area (Å²) in [6, 6.07) is 16.0. The van der Waals surface area contributed by atoms with Crippen molar-refractivity contribution in [1.29, 1.82) is 5.26 Å². The molecule has 2 aromatic heterocycles. The van der Waals surface area contributed by atoms with E-state index in [1.165, 1.54) is 5.01 Å². The summed E-state index contributed by atoms with van der Waals surface area (Å²) in [6.45, 7) is 2.61. The molecule has 1 aromatic carbocycles. The molecule has 3 aromatic rings. The number of amides is 1. The molecule has 25 heavy (non-hydrogen) atoms. The van der Waals surface area contributed by atoms with Crippen LogP contribution < -0.4 is 0 Å². The van der Waals surface area contributed by atoms with E-state index in [-0.39, 0.29) is 18.4 Å². The average molecular weight is 348 g/mol. The summed E-state index contributed by atoms with van der Waals surface area (Å²) in [5.74, 6) is -0.441. The lowest BCUT2D eigenvalue weighted by molar-refractivity contribution is 0.0744. The first-order chi connectivity index (χ1) is 12.2. The highest BCUT2D eigenvalue weighted by Gasteiger charge is 2.27. The molecule has 0 saturated carbocycles. The maximum absolute atomic E-state index is 13.0. The van der Waals surface area contributed by atoms with Crippen molar-refractivity contribution in [3.63, 3.8) is 0 Å². The third-order valence-corrected chi connectivity index (χ3v) is 5.15. The number of carbonyl (C=O) groups excluding carboxylic acids is 1. The number of aromatic nitrogens is 1. The molecule has 5 nitrogen and oxygen atoms in total. The summed E-state index contributed by atoms with van der Waals surface area (Å²) in [5.41, 5.74) is 3.48. The van der Waals surface area contributed by atoms with Gasteiger partial charge in [0.15, 0.2) is 0 Å². The topological polar surface area (TPSA) is 61.4 Å². The summed E-state index contributed by atoms with van der Waals surface area (Å²) < 4.78 is 3.11. The van der Waals surface area contributed by atoms with Gasteiger partial charge >= 0.3 is 0 Å². The summed E-state index contributed by atoms with van der Waals surface area (Å²) in [4.78, 5) is 13.0. The standard InChI is InChI=1S/C19H16N4OS/c1-13(10-20)11-23-19(24)17-9-18-16(7-8-25-18)22(17)12-15(21-23)14-5-3-2-4-6-14/h2-9,13H,11-12H2,1H3. The fourth-order valence-electron chi connectivity index (χ4n) is 3.03. The number of benzene rings is 1. The Labute approximate surface area is 149 Å². The lowest BCUT2D eigenvalue weighted by atomic mass is 10.1. The van der Waals surface area contributed by atoms with Crippen LogP contribution in [0.4, 0.5) is 0 Å². The molecule has 0 radical (unpaired) electrons. The van der Waals surface area contributed by atoms with Crippen molar-refractivity contribution in [3.8, 4) is 6.07 Å². The number of thiophene rings is 1. The highest BCUT2D eigenvalue weighted by molar-refractivity contribution is 7.17. The molecule has 6 heteroatoms. The van der Waals surface area contributed by atoms with E-state index in [2.05, 4.69) is 11.2 Å². The van der Waals surface area contributed by atoms with E-state index in [4.69, 9.17) is 5.26 Å². The minimum absolute atomic E-state index is 0.156. The van der Waals surface area contributed by atoms with Gasteiger partial charge in [-0.15, -0.1) is 11.3 Å². The second kappa shape index (κ2) is 6.19. The third kappa shape index (κ3) is 2.73. The van der Waals surface area contributed by atoms with Gasteiger partial charge in [0.1, 0.15) is 5.69 Å². The molecule has 4 rings (SSSR count). The number of hydrogen-bond acceptors (Lipinski definition) is 4. The minimum Gasteiger partial charge on any atom is -0.330 e. The maximum Gasteiger partial charge on any atom is 0.290 e. The van der Waals surface area contributed by atoms with Gasteiger partial charge in [-0.1, -0.05) is 30.3 Å². The van der Waals surface area contributed by atoms with E-state index in [9.17, 15) is 4.79 Å². The number of carbonyl (C=O) groups is 1. The Morgan fingerprint density at radius 1 is 1.32 bits per heavy atom. The van der Waals surface area contributed by atoms with Crippen molar-refractivity contribution >= 4 is 33.2 Å². The monoisotopic (exact) mass is 348 g/mol. The van der Waals surface area contributed by atoms with Gasteiger partial charge in [-0.2, -0.15) is 10.4 Å². The fraction of sp³-hybridized carbons (Fsp3) is 0.211. The van der Waals surface area contributed by atoms with E-state index in [0.717, 1.165) is 21.5 Å². The first kappa shape index (κ1) is 15.6. The van der Waals surface area contributed by atoms with Gasteiger partial charge < -0.3 is 4.57 Å². The van der Waals surface area contributed by atoms with Crippen molar-refractivity contribution in [3.05, 3.63) is 59.1 Å². The van der Waals surface area contributed by atoms with Crippen LogP contribution in [0.25, 0.3) is 10.2 Å². The van der Waals surface area contributed by atoms with Gasteiger partial charge in [-0.25, -0.2) is 5.01 Å². The van der Waals surface area contributed by atoms with E-state index >= 15 is 0 Å². The molecule has 0 saturated heterocycles. The minimum atomic E-state index is -0.285. The largest absolute Gasteiger partial charge is 0.330 e. The number of nitriles is 1. The Bertz CT molecular complexity index is 1010. The second-order valence-corrected chi connectivity index (χ2v) is 7.06. The zero-order chi connectivity index (χ0) is 17.4. The van der Waals surface area contributed by atoms with Crippen LogP contribution in [0.1, 0.15) is 23.0 Å². The first-order valence-corrected chi connectivity index (χ1v) is 8.96. The molecule has 1 amide bonds.